The van der Waals surface area contributed by atoms with E-state index in [2.05, 4.69) is 0 Å². The molecule has 1 N–H and O–H groups in total. The van der Waals surface area contributed by atoms with Gasteiger partial charge in [-0.2, -0.15) is 0 Å². The topological polar surface area (TPSA) is 80.7 Å². The normalized spacial score (nSPS) is 24.2. The molecule has 1 aliphatic heterocycles. The summed E-state index contributed by atoms with van der Waals surface area (Å²) in [5, 5.41) is 8.30. The van der Waals surface area contributed by atoms with Crippen LogP contribution in [0.5, 0.6) is 0 Å². The number of halogens is 1. The van der Waals surface area contributed by atoms with Gasteiger partial charge in [0.1, 0.15) is 10.7 Å². The van der Waals surface area contributed by atoms with E-state index < -0.39 is 37.9 Å². The highest BCUT2D eigenvalue weighted by Gasteiger charge is 2.40. The predicted molar refractivity (Wildman–Crippen MR) is 69.1 cm³/mol. The minimum atomic E-state index is -3.81. The van der Waals surface area contributed by atoms with Crippen molar-refractivity contribution in [2.45, 2.75) is 36.5 Å². The number of ether oxygens (including phenoxy) is 1. The first-order chi connectivity index (χ1) is 9.21. The Hall–Kier alpha value is -1.47. The van der Waals surface area contributed by atoms with Crippen molar-refractivity contribution in [3.05, 3.63) is 28.6 Å². The van der Waals surface area contributed by atoms with Crippen molar-refractivity contribution in [3.8, 4) is 0 Å². The molecule has 2 atom stereocenters. The van der Waals surface area contributed by atoms with E-state index in [1.165, 1.54) is 21.0 Å². The van der Waals surface area contributed by atoms with Crippen LogP contribution in [-0.2, 0) is 14.6 Å². The summed E-state index contributed by atoms with van der Waals surface area (Å²) >= 11 is 0. The summed E-state index contributed by atoms with van der Waals surface area (Å²) in [4.78, 5) is 10.7. The van der Waals surface area contributed by atoms with E-state index in [1.54, 1.807) is 0 Å². The SMILES string of the molecule is COC1CC(C)S(=O)(=O)c2c(F)cc(C(=O)O)c(C)c21. The minimum absolute atomic E-state index is 0.128. The van der Waals surface area contributed by atoms with Crippen LogP contribution in [0, 0.1) is 12.7 Å². The molecule has 0 amide bonds. The third-order valence-electron chi connectivity index (χ3n) is 3.74. The number of carbonyl (C=O) groups is 1. The highest BCUT2D eigenvalue weighted by molar-refractivity contribution is 7.92. The lowest BCUT2D eigenvalue weighted by molar-refractivity contribution is 0.0691. The number of benzene rings is 1. The van der Waals surface area contributed by atoms with Crippen molar-refractivity contribution in [1.82, 2.24) is 0 Å². The van der Waals surface area contributed by atoms with E-state index in [1.807, 2.05) is 0 Å². The van der Waals surface area contributed by atoms with E-state index in [4.69, 9.17) is 9.84 Å². The Balaban J connectivity index is 2.89. The number of fused-ring (bicyclic) bond motifs is 1. The second-order valence-corrected chi connectivity index (χ2v) is 7.20. The van der Waals surface area contributed by atoms with Gasteiger partial charge in [-0.1, -0.05) is 0 Å². The molecular weight excluding hydrogens is 287 g/mol. The van der Waals surface area contributed by atoms with Gasteiger partial charge in [-0.25, -0.2) is 17.6 Å². The third kappa shape index (κ3) is 2.01. The zero-order valence-electron chi connectivity index (χ0n) is 11.3. The Labute approximate surface area is 116 Å². The lowest BCUT2D eigenvalue weighted by Crippen LogP contribution is -2.31. The molecule has 1 aliphatic rings. The van der Waals surface area contributed by atoms with Gasteiger partial charge in [0.25, 0.3) is 0 Å². The maximum absolute atomic E-state index is 14.2. The van der Waals surface area contributed by atoms with Gasteiger partial charge in [0, 0.05) is 12.7 Å². The molecule has 2 unspecified atom stereocenters. The van der Waals surface area contributed by atoms with E-state index in [9.17, 15) is 17.6 Å². The van der Waals surface area contributed by atoms with Crippen molar-refractivity contribution >= 4 is 15.8 Å². The van der Waals surface area contributed by atoms with Crippen LogP contribution in [-0.4, -0.2) is 31.9 Å². The zero-order valence-corrected chi connectivity index (χ0v) is 12.1. The number of aromatic carboxylic acids is 1. The second-order valence-electron chi connectivity index (χ2n) is 4.89. The van der Waals surface area contributed by atoms with Crippen LogP contribution in [0.15, 0.2) is 11.0 Å². The Morgan fingerprint density at radius 2 is 2.10 bits per heavy atom. The number of hydrogen-bond acceptors (Lipinski definition) is 4. The Morgan fingerprint density at radius 1 is 1.50 bits per heavy atom. The fraction of sp³-hybridized carbons (Fsp3) is 0.462. The average molecular weight is 302 g/mol. The summed E-state index contributed by atoms with van der Waals surface area (Å²) in [6.45, 7) is 2.96. The molecule has 7 heteroatoms. The quantitative estimate of drug-likeness (QED) is 0.904. The fourth-order valence-corrected chi connectivity index (χ4v) is 4.36. The standard InChI is InChI=1S/C13H15FO5S/c1-6-4-10(19-3)11-7(2)8(13(15)16)5-9(14)12(11)20(6,17)18/h5-6,10H,4H2,1-3H3,(H,15,16). The van der Waals surface area contributed by atoms with Gasteiger partial charge in [0.15, 0.2) is 9.84 Å². The largest absolute Gasteiger partial charge is 0.478 e. The maximum atomic E-state index is 14.2. The molecule has 0 fully saturated rings. The molecule has 110 valence electrons. The van der Waals surface area contributed by atoms with Crippen molar-refractivity contribution < 1.29 is 27.4 Å². The van der Waals surface area contributed by atoms with E-state index in [0.29, 0.717) is 0 Å². The number of carboxylic acid groups (broad SMARTS) is 1. The molecule has 0 aromatic heterocycles. The van der Waals surface area contributed by atoms with Gasteiger partial charge in [-0.05, 0) is 31.9 Å². The van der Waals surface area contributed by atoms with Crippen molar-refractivity contribution in [2.75, 3.05) is 7.11 Å². The van der Waals surface area contributed by atoms with Crippen LogP contribution in [0.1, 0.15) is 40.9 Å². The smallest absolute Gasteiger partial charge is 0.336 e. The molecule has 0 aliphatic carbocycles. The van der Waals surface area contributed by atoms with Gasteiger partial charge in [-0.15, -0.1) is 0 Å². The Morgan fingerprint density at radius 3 is 2.60 bits per heavy atom. The summed E-state index contributed by atoms with van der Waals surface area (Å²) in [5.41, 5.74) is 0.118. The number of hydrogen-bond donors (Lipinski definition) is 1. The fourth-order valence-electron chi connectivity index (χ4n) is 2.60. The lowest BCUT2D eigenvalue weighted by atomic mass is 9.95. The molecule has 0 radical (unpaired) electrons. The zero-order chi connectivity index (χ0) is 15.2. The Bertz CT molecular complexity index is 680. The van der Waals surface area contributed by atoms with Crippen LogP contribution in [0.2, 0.25) is 0 Å². The van der Waals surface area contributed by atoms with Crippen LogP contribution < -0.4 is 0 Å². The summed E-state index contributed by atoms with van der Waals surface area (Å²) in [7, 11) is -2.41. The number of rotatable bonds is 2. The molecule has 1 aromatic carbocycles. The summed E-state index contributed by atoms with van der Waals surface area (Å²) in [5.74, 6) is -2.33. The summed E-state index contributed by atoms with van der Waals surface area (Å²) in [6.07, 6.45) is -0.452. The number of methoxy groups -OCH3 is 1. The molecule has 0 saturated heterocycles. The predicted octanol–water partition coefficient (Wildman–Crippen LogP) is 2.09. The lowest BCUT2D eigenvalue weighted by Gasteiger charge is -2.30. The van der Waals surface area contributed by atoms with Crippen LogP contribution >= 0.6 is 0 Å². The monoisotopic (exact) mass is 302 g/mol. The average Bonchev–Trinajstić information content (AvgIpc) is 2.36. The van der Waals surface area contributed by atoms with Crippen molar-refractivity contribution in [1.29, 1.82) is 0 Å². The van der Waals surface area contributed by atoms with E-state index >= 15 is 0 Å². The molecule has 5 nitrogen and oxygen atoms in total. The first-order valence-electron chi connectivity index (χ1n) is 6.04. The van der Waals surface area contributed by atoms with Gasteiger partial charge >= 0.3 is 5.97 Å². The van der Waals surface area contributed by atoms with Crippen molar-refractivity contribution in [3.63, 3.8) is 0 Å². The van der Waals surface area contributed by atoms with E-state index in [0.717, 1.165) is 6.07 Å². The molecule has 1 aromatic rings. The first kappa shape index (κ1) is 14.9. The molecule has 2 rings (SSSR count). The third-order valence-corrected chi connectivity index (χ3v) is 5.97. The highest BCUT2D eigenvalue weighted by Crippen LogP contribution is 2.42. The molecule has 0 spiro atoms. The molecule has 20 heavy (non-hydrogen) atoms. The van der Waals surface area contributed by atoms with Gasteiger partial charge in [0.2, 0.25) is 0 Å². The van der Waals surface area contributed by atoms with Crippen molar-refractivity contribution in [2.24, 2.45) is 0 Å². The second kappa shape index (κ2) is 4.82. The van der Waals surface area contributed by atoms with Crippen LogP contribution in [0.4, 0.5) is 4.39 Å². The van der Waals surface area contributed by atoms with Gasteiger partial charge in [0.05, 0.1) is 16.9 Å². The summed E-state index contributed by atoms with van der Waals surface area (Å²) in [6, 6.07) is 0.763. The minimum Gasteiger partial charge on any atom is -0.478 e. The Kier molecular flexibility index (Phi) is 3.60. The van der Waals surface area contributed by atoms with Gasteiger partial charge < -0.3 is 9.84 Å². The van der Waals surface area contributed by atoms with Gasteiger partial charge in [-0.3, -0.25) is 0 Å². The van der Waals surface area contributed by atoms with Crippen LogP contribution in [0.3, 0.4) is 0 Å². The summed E-state index contributed by atoms with van der Waals surface area (Å²) < 4.78 is 43.9. The van der Waals surface area contributed by atoms with Crippen LogP contribution in [0.25, 0.3) is 0 Å². The van der Waals surface area contributed by atoms with E-state index in [-0.39, 0.29) is 23.1 Å². The number of sulfone groups is 1. The molecule has 0 bridgehead atoms. The maximum Gasteiger partial charge on any atom is 0.336 e. The number of carboxylic acids is 1. The molecule has 0 saturated carbocycles. The highest BCUT2D eigenvalue weighted by atomic mass is 32.2. The molecule has 1 heterocycles. The first-order valence-corrected chi connectivity index (χ1v) is 7.59. The molecular formula is C13H15FO5S.